The van der Waals surface area contributed by atoms with Crippen molar-refractivity contribution in [2.24, 2.45) is 0 Å². The van der Waals surface area contributed by atoms with Crippen molar-refractivity contribution in [3.05, 3.63) is 35.5 Å². The first-order chi connectivity index (χ1) is 10.9. The van der Waals surface area contributed by atoms with Crippen molar-refractivity contribution in [3.8, 4) is 5.75 Å². The number of aliphatic carboxylic acids is 1. The number of benzene rings is 1. The minimum Gasteiger partial charge on any atom is -0.497 e. The van der Waals surface area contributed by atoms with E-state index in [-0.39, 0.29) is 24.6 Å². The van der Waals surface area contributed by atoms with Gasteiger partial charge in [-0.25, -0.2) is 0 Å². The lowest BCUT2D eigenvalue weighted by Crippen LogP contribution is -2.34. The molecule has 3 N–H and O–H groups in total. The van der Waals surface area contributed by atoms with Crippen molar-refractivity contribution in [2.75, 3.05) is 13.7 Å². The van der Waals surface area contributed by atoms with Crippen molar-refractivity contribution in [2.45, 2.75) is 19.8 Å². The molecule has 2 amide bonds. The van der Waals surface area contributed by atoms with Crippen LogP contribution < -0.4 is 15.4 Å². The van der Waals surface area contributed by atoms with Crippen LogP contribution in [0.15, 0.2) is 30.0 Å². The largest absolute Gasteiger partial charge is 0.497 e. The second kappa shape index (κ2) is 9.24. The van der Waals surface area contributed by atoms with Crippen LogP contribution in [0.2, 0.25) is 0 Å². The summed E-state index contributed by atoms with van der Waals surface area (Å²) in [5.41, 5.74) is 0.813. The molecular weight excluding hydrogens is 300 g/mol. The number of rotatable bonds is 8. The van der Waals surface area contributed by atoms with Gasteiger partial charge in [-0.1, -0.05) is 12.1 Å². The number of carbonyl (C=O) groups is 3. The van der Waals surface area contributed by atoms with E-state index in [1.165, 1.54) is 13.0 Å². The van der Waals surface area contributed by atoms with Crippen LogP contribution in [-0.4, -0.2) is 36.5 Å². The molecule has 1 aromatic rings. The van der Waals surface area contributed by atoms with Gasteiger partial charge >= 0.3 is 5.97 Å². The fraction of sp³-hybridized carbons (Fsp3) is 0.312. The molecule has 0 radical (unpaired) electrons. The van der Waals surface area contributed by atoms with Crippen LogP contribution in [0.5, 0.6) is 5.75 Å². The second-order valence-electron chi connectivity index (χ2n) is 4.77. The van der Waals surface area contributed by atoms with Crippen LogP contribution in [-0.2, 0) is 14.4 Å². The van der Waals surface area contributed by atoms with Gasteiger partial charge in [-0.15, -0.1) is 0 Å². The average molecular weight is 320 g/mol. The monoisotopic (exact) mass is 320 g/mol. The summed E-state index contributed by atoms with van der Waals surface area (Å²) in [6.07, 6.45) is 1.82. The van der Waals surface area contributed by atoms with Gasteiger partial charge in [-0.2, -0.15) is 0 Å². The van der Waals surface area contributed by atoms with Gasteiger partial charge in [-0.3, -0.25) is 14.4 Å². The lowest BCUT2D eigenvalue weighted by molar-refractivity contribution is -0.137. The fourth-order valence-electron chi connectivity index (χ4n) is 1.75. The van der Waals surface area contributed by atoms with Gasteiger partial charge in [-0.05, 0) is 30.2 Å². The highest BCUT2D eigenvalue weighted by Gasteiger charge is 2.11. The highest BCUT2D eigenvalue weighted by atomic mass is 16.5. The summed E-state index contributed by atoms with van der Waals surface area (Å²) < 4.78 is 5.05. The molecule has 0 aliphatic heterocycles. The molecule has 0 fully saturated rings. The predicted octanol–water partition coefficient (Wildman–Crippen LogP) is 1.15. The zero-order chi connectivity index (χ0) is 17.2. The predicted molar refractivity (Wildman–Crippen MR) is 84.7 cm³/mol. The first-order valence-electron chi connectivity index (χ1n) is 7.05. The van der Waals surface area contributed by atoms with E-state index >= 15 is 0 Å². The Morgan fingerprint density at radius 1 is 1.22 bits per heavy atom. The highest BCUT2D eigenvalue weighted by Crippen LogP contribution is 2.13. The van der Waals surface area contributed by atoms with Gasteiger partial charge in [0, 0.05) is 19.9 Å². The van der Waals surface area contributed by atoms with Crippen molar-refractivity contribution in [1.29, 1.82) is 0 Å². The maximum absolute atomic E-state index is 12.1. The summed E-state index contributed by atoms with van der Waals surface area (Å²) >= 11 is 0. The molecule has 1 rings (SSSR count). The Hall–Kier alpha value is -2.83. The minimum absolute atomic E-state index is 0.0298. The molecule has 0 spiro atoms. The number of carbonyl (C=O) groups excluding carboxylic acids is 2. The molecule has 0 aromatic heterocycles. The number of nitrogens with one attached hydrogen (secondary N) is 2. The zero-order valence-electron chi connectivity index (χ0n) is 13.1. The van der Waals surface area contributed by atoms with E-state index in [0.29, 0.717) is 12.2 Å². The van der Waals surface area contributed by atoms with Crippen LogP contribution in [0.1, 0.15) is 25.3 Å². The van der Waals surface area contributed by atoms with E-state index in [0.717, 1.165) is 5.56 Å². The van der Waals surface area contributed by atoms with E-state index in [1.54, 1.807) is 31.4 Å². The van der Waals surface area contributed by atoms with Crippen LogP contribution in [0.3, 0.4) is 0 Å². The first kappa shape index (κ1) is 18.2. The smallest absolute Gasteiger partial charge is 0.303 e. The van der Waals surface area contributed by atoms with Crippen LogP contribution in [0.25, 0.3) is 6.08 Å². The van der Waals surface area contributed by atoms with Crippen molar-refractivity contribution in [3.63, 3.8) is 0 Å². The van der Waals surface area contributed by atoms with Gasteiger partial charge in [0.2, 0.25) is 5.91 Å². The fourth-order valence-corrected chi connectivity index (χ4v) is 1.75. The number of carboxylic acid groups (broad SMARTS) is 1. The summed E-state index contributed by atoms with van der Waals surface area (Å²) in [7, 11) is 1.55. The van der Waals surface area contributed by atoms with E-state index in [4.69, 9.17) is 9.84 Å². The van der Waals surface area contributed by atoms with Crippen molar-refractivity contribution in [1.82, 2.24) is 10.6 Å². The summed E-state index contributed by atoms with van der Waals surface area (Å²) in [5, 5.41) is 13.6. The molecule has 0 heterocycles. The van der Waals surface area contributed by atoms with Crippen molar-refractivity contribution >= 4 is 23.9 Å². The summed E-state index contributed by atoms with van der Waals surface area (Å²) in [6.45, 7) is 1.52. The molecule has 0 aliphatic rings. The Morgan fingerprint density at radius 3 is 2.39 bits per heavy atom. The Balaban J connectivity index is 2.77. The maximum Gasteiger partial charge on any atom is 0.303 e. The normalized spacial score (nSPS) is 10.8. The van der Waals surface area contributed by atoms with E-state index in [9.17, 15) is 14.4 Å². The molecule has 0 bridgehead atoms. The standard InChI is InChI=1S/C16H20N2O5/c1-11(19)18-14(16(22)17-9-3-4-15(20)21)10-12-5-7-13(23-2)8-6-12/h5-8,10H,3-4,9H2,1-2H3,(H,17,22)(H,18,19)(H,20,21). The Morgan fingerprint density at radius 2 is 1.87 bits per heavy atom. The topological polar surface area (TPSA) is 105 Å². The van der Waals surface area contributed by atoms with Gasteiger partial charge in [0.15, 0.2) is 0 Å². The Labute approximate surface area is 134 Å². The van der Waals surface area contributed by atoms with E-state index in [1.807, 2.05) is 0 Å². The summed E-state index contributed by atoms with van der Waals surface area (Å²) in [6, 6.07) is 6.97. The lowest BCUT2D eigenvalue weighted by atomic mass is 10.1. The van der Waals surface area contributed by atoms with E-state index in [2.05, 4.69) is 10.6 Å². The molecule has 0 saturated carbocycles. The number of hydrogen-bond donors (Lipinski definition) is 3. The molecule has 0 atom stereocenters. The van der Waals surface area contributed by atoms with Crippen LogP contribution in [0, 0.1) is 0 Å². The molecule has 0 aliphatic carbocycles. The molecule has 0 saturated heterocycles. The Kier molecular flexibility index (Phi) is 7.32. The highest BCUT2D eigenvalue weighted by molar-refractivity contribution is 6.00. The molecule has 23 heavy (non-hydrogen) atoms. The third-order valence-electron chi connectivity index (χ3n) is 2.84. The third-order valence-corrected chi connectivity index (χ3v) is 2.84. The minimum atomic E-state index is -0.921. The zero-order valence-corrected chi connectivity index (χ0v) is 13.1. The summed E-state index contributed by atoms with van der Waals surface area (Å²) in [5.74, 6) is -1.08. The number of methoxy groups -OCH3 is 1. The van der Waals surface area contributed by atoms with Gasteiger partial charge in [0.05, 0.1) is 7.11 Å². The van der Waals surface area contributed by atoms with Gasteiger partial charge < -0.3 is 20.5 Å². The molecular formula is C16H20N2O5. The third kappa shape index (κ3) is 7.12. The maximum atomic E-state index is 12.1. The number of amides is 2. The molecule has 7 nitrogen and oxygen atoms in total. The second-order valence-corrected chi connectivity index (χ2v) is 4.77. The molecule has 0 unspecified atom stereocenters. The molecule has 1 aromatic carbocycles. The molecule has 7 heteroatoms. The number of ether oxygens (including phenoxy) is 1. The SMILES string of the molecule is COc1ccc(C=C(NC(C)=O)C(=O)NCCCC(=O)O)cc1. The van der Waals surface area contributed by atoms with Gasteiger partial charge in [0.1, 0.15) is 11.4 Å². The Bertz CT molecular complexity index is 593. The first-order valence-corrected chi connectivity index (χ1v) is 7.05. The number of hydrogen-bond acceptors (Lipinski definition) is 4. The van der Waals surface area contributed by atoms with Gasteiger partial charge in [0.25, 0.3) is 5.91 Å². The lowest BCUT2D eigenvalue weighted by Gasteiger charge is -2.09. The van der Waals surface area contributed by atoms with Crippen molar-refractivity contribution < 1.29 is 24.2 Å². The quantitative estimate of drug-likeness (QED) is 0.492. The average Bonchev–Trinajstić information content (AvgIpc) is 2.50. The molecule has 124 valence electrons. The van der Waals surface area contributed by atoms with E-state index < -0.39 is 11.9 Å². The van der Waals surface area contributed by atoms with Crippen LogP contribution >= 0.6 is 0 Å². The number of carboxylic acids is 1. The van der Waals surface area contributed by atoms with Crippen LogP contribution in [0.4, 0.5) is 0 Å². The summed E-state index contributed by atoms with van der Waals surface area (Å²) in [4.78, 5) is 33.7.